The highest BCUT2D eigenvalue weighted by Crippen LogP contribution is 2.32. The molecule has 0 aliphatic heterocycles. The highest BCUT2D eigenvalue weighted by atomic mass is 79.9. The quantitative estimate of drug-likeness (QED) is 0.702. The number of benzene rings is 1. The first-order valence-electron chi connectivity index (χ1n) is 8.36. The molecule has 0 fully saturated rings. The van der Waals surface area contributed by atoms with Crippen LogP contribution in [0, 0.1) is 6.92 Å². The Kier molecular flexibility index (Phi) is 4.21. The number of urea groups is 1. The summed E-state index contributed by atoms with van der Waals surface area (Å²) < 4.78 is 3.11. The van der Waals surface area contributed by atoms with Crippen molar-refractivity contribution in [2.24, 2.45) is 0 Å². The Morgan fingerprint density at radius 3 is 3.08 bits per heavy atom. The van der Waals surface area contributed by atoms with Gasteiger partial charge in [0.15, 0.2) is 0 Å². The van der Waals surface area contributed by atoms with Crippen LogP contribution in [0.15, 0.2) is 47.1 Å². The molecule has 2 aromatic heterocycles. The van der Waals surface area contributed by atoms with E-state index in [1.165, 1.54) is 11.1 Å². The molecule has 3 aromatic rings. The highest BCUT2D eigenvalue weighted by molar-refractivity contribution is 9.10. The Morgan fingerprint density at radius 2 is 2.24 bits per heavy atom. The van der Waals surface area contributed by atoms with Gasteiger partial charge in [0, 0.05) is 16.4 Å². The van der Waals surface area contributed by atoms with Gasteiger partial charge in [0.1, 0.15) is 5.65 Å². The number of amides is 2. The predicted molar refractivity (Wildman–Crippen MR) is 101 cm³/mol. The van der Waals surface area contributed by atoms with E-state index in [9.17, 15) is 4.79 Å². The van der Waals surface area contributed by atoms with Crippen molar-refractivity contribution in [2.75, 3.05) is 0 Å². The van der Waals surface area contributed by atoms with Crippen LogP contribution < -0.4 is 10.6 Å². The van der Waals surface area contributed by atoms with Crippen LogP contribution in [-0.4, -0.2) is 15.4 Å². The second-order valence-corrected chi connectivity index (χ2v) is 7.30. The van der Waals surface area contributed by atoms with Crippen molar-refractivity contribution in [1.29, 1.82) is 0 Å². The van der Waals surface area contributed by atoms with E-state index in [0.29, 0.717) is 6.54 Å². The van der Waals surface area contributed by atoms with Crippen LogP contribution in [0.4, 0.5) is 4.79 Å². The van der Waals surface area contributed by atoms with Crippen molar-refractivity contribution >= 4 is 27.6 Å². The van der Waals surface area contributed by atoms with E-state index in [4.69, 9.17) is 0 Å². The van der Waals surface area contributed by atoms with E-state index in [1.807, 2.05) is 41.8 Å². The number of halogens is 1. The molecule has 0 spiro atoms. The molecule has 0 saturated heterocycles. The fourth-order valence-corrected chi connectivity index (χ4v) is 3.81. The molecule has 1 aliphatic rings. The number of carbonyl (C=O) groups is 1. The Bertz CT molecular complexity index is 950. The van der Waals surface area contributed by atoms with Gasteiger partial charge in [-0.15, -0.1) is 0 Å². The maximum atomic E-state index is 12.3. The monoisotopic (exact) mass is 398 g/mol. The van der Waals surface area contributed by atoms with E-state index in [1.54, 1.807) is 0 Å². The van der Waals surface area contributed by atoms with Crippen LogP contribution in [0.1, 0.15) is 35.0 Å². The molecule has 1 aromatic carbocycles. The van der Waals surface area contributed by atoms with E-state index in [0.717, 1.165) is 34.3 Å². The highest BCUT2D eigenvalue weighted by Gasteiger charge is 2.23. The summed E-state index contributed by atoms with van der Waals surface area (Å²) >= 11 is 3.50. The number of rotatable bonds is 3. The molecular weight excluding hydrogens is 380 g/mol. The van der Waals surface area contributed by atoms with Crippen LogP contribution in [-0.2, 0) is 13.0 Å². The van der Waals surface area contributed by atoms with Gasteiger partial charge in [-0.3, -0.25) is 0 Å². The summed E-state index contributed by atoms with van der Waals surface area (Å²) in [4.78, 5) is 16.8. The predicted octanol–water partition coefficient (Wildman–Crippen LogP) is 3.89. The van der Waals surface area contributed by atoms with Crippen LogP contribution >= 0.6 is 15.9 Å². The molecule has 2 heterocycles. The van der Waals surface area contributed by atoms with Gasteiger partial charge in [-0.05, 0) is 55.2 Å². The molecule has 1 aliphatic carbocycles. The molecule has 2 N–H and O–H groups in total. The molecule has 0 saturated carbocycles. The third-order valence-electron chi connectivity index (χ3n) is 4.66. The number of hydrogen-bond donors (Lipinski definition) is 2. The van der Waals surface area contributed by atoms with Gasteiger partial charge >= 0.3 is 6.03 Å². The van der Waals surface area contributed by atoms with Gasteiger partial charge in [0.25, 0.3) is 0 Å². The van der Waals surface area contributed by atoms with E-state index >= 15 is 0 Å². The lowest BCUT2D eigenvalue weighted by Gasteiger charge is -2.14. The second-order valence-electron chi connectivity index (χ2n) is 6.39. The first kappa shape index (κ1) is 16.1. The Hall–Kier alpha value is -2.34. The largest absolute Gasteiger partial charge is 0.332 e. The van der Waals surface area contributed by atoms with Gasteiger partial charge in [0.2, 0.25) is 0 Å². The summed E-state index contributed by atoms with van der Waals surface area (Å²) in [6.45, 7) is 2.45. The zero-order valence-corrected chi connectivity index (χ0v) is 15.5. The molecule has 1 unspecified atom stereocenters. The maximum absolute atomic E-state index is 12.3. The molecule has 25 heavy (non-hydrogen) atoms. The SMILES string of the molecule is Cc1cccc2nc(CNC(=O)NC3CCc4cc(Br)ccc43)cn12. The van der Waals surface area contributed by atoms with Crippen molar-refractivity contribution in [3.8, 4) is 0 Å². The lowest BCUT2D eigenvalue weighted by atomic mass is 10.1. The number of nitrogens with zero attached hydrogens (tertiary/aromatic N) is 2. The Labute approximate surface area is 154 Å². The van der Waals surface area contributed by atoms with E-state index in [-0.39, 0.29) is 12.1 Å². The smallest absolute Gasteiger partial charge is 0.315 e. The molecule has 1 atom stereocenters. The minimum absolute atomic E-state index is 0.0754. The van der Waals surface area contributed by atoms with E-state index < -0.39 is 0 Å². The first-order chi connectivity index (χ1) is 12.1. The minimum atomic E-state index is -0.158. The van der Waals surface area contributed by atoms with Gasteiger partial charge < -0.3 is 15.0 Å². The van der Waals surface area contributed by atoms with Crippen molar-refractivity contribution in [2.45, 2.75) is 32.4 Å². The molecule has 128 valence electrons. The van der Waals surface area contributed by atoms with Gasteiger partial charge in [-0.1, -0.05) is 28.1 Å². The number of carbonyl (C=O) groups excluding carboxylic acids is 1. The number of hydrogen-bond acceptors (Lipinski definition) is 2. The topological polar surface area (TPSA) is 58.4 Å². The third-order valence-corrected chi connectivity index (χ3v) is 5.16. The van der Waals surface area contributed by atoms with Gasteiger partial charge in [-0.25, -0.2) is 9.78 Å². The minimum Gasteiger partial charge on any atom is -0.332 e. The summed E-state index contributed by atoms with van der Waals surface area (Å²) in [5.41, 5.74) is 5.37. The van der Waals surface area contributed by atoms with Crippen LogP contribution in [0.25, 0.3) is 5.65 Å². The number of nitrogens with one attached hydrogen (secondary N) is 2. The third kappa shape index (κ3) is 3.26. The number of aryl methyl sites for hydroxylation is 2. The van der Waals surface area contributed by atoms with E-state index in [2.05, 4.69) is 43.7 Å². The fourth-order valence-electron chi connectivity index (χ4n) is 3.40. The number of imidazole rings is 1. The summed E-state index contributed by atoms with van der Waals surface area (Å²) in [6.07, 6.45) is 3.89. The molecular formula is C19H19BrN4O. The summed E-state index contributed by atoms with van der Waals surface area (Å²) in [5, 5.41) is 5.98. The van der Waals surface area contributed by atoms with Gasteiger partial charge in [0.05, 0.1) is 18.3 Å². The first-order valence-corrected chi connectivity index (χ1v) is 9.16. The maximum Gasteiger partial charge on any atom is 0.315 e. The van der Waals surface area contributed by atoms with Gasteiger partial charge in [-0.2, -0.15) is 0 Å². The molecule has 4 rings (SSSR count). The summed E-state index contributed by atoms with van der Waals surface area (Å²) in [5.74, 6) is 0. The average Bonchev–Trinajstić information content (AvgIpc) is 3.18. The summed E-state index contributed by atoms with van der Waals surface area (Å²) in [7, 11) is 0. The van der Waals surface area contributed by atoms with Crippen LogP contribution in [0.3, 0.4) is 0 Å². The Morgan fingerprint density at radius 1 is 1.36 bits per heavy atom. The molecule has 0 bridgehead atoms. The second kappa shape index (κ2) is 6.52. The lowest BCUT2D eigenvalue weighted by Crippen LogP contribution is -2.37. The lowest BCUT2D eigenvalue weighted by molar-refractivity contribution is 0.236. The van der Waals surface area contributed by atoms with Crippen molar-refractivity contribution in [1.82, 2.24) is 20.0 Å². The fraction of sp³-hybridized carbons (Fsp3) is 0.263. The molecule has 5 nitrogen and oxygen atoms in total. The van der Waals surface area contributed by atoms with Crippen molar-refractivity contribution < 1.29 is 4.79 Å². The standard InChI is InChI=1S/C19H19BrN4O/c1-12-3-2-4-18-22-15(11-24(12)18)10-21-19(25)23-17-8-5-13-9-14(20)6-7-16(13)17/h2-4,6-7,9,11,17H,5,8,10H2,1H3,(H2,21,23,25). The number of pyridine rings is 1. The molecule has 0 radical (unpaired) electrons. The van der Waals surface area contributed by atoms with Crippen LogP contribution in [0.5, 0.6) is 0 Å². The van der Waals surface area contributed by atoms with Crippen molar-refractivity contribution in [3.63, 3.8) is 0 Å². The zero-order chi connectivity index (χ0) is 17.4. The number of aromatic nitrogens is 2. The molecule has 6 heteroatoms. The normalized spacial score (nSPS) is 16.0. The Balaban J connectivity index is 1.39. The summed E-state index contributed by atoms with van der Waals surface area (Å²) in [6, 6.07) is 12.1. The van der Waals surface area contributed by atoms with Crippen LogP contribution in [0.2, 0.25) is 0 Å². The zero-order valence-electron chi connectivity index (χ0n) is 13.9. The molecule has 2 amide bonds. The average molecular weight is 399 g/mol. The number of fused-ring (bicyclic) bond motifs is 2. The van der Waals surface area contributed by atoms with Crippen molar-refractivity contribution in [3.05, 3.63) is 69.6 Å².